The van der Waals surface area contributed by atoms with E-state index in [1.807, 2.05) is 0 Å². The van der Waals surface area contributed by atoms with E-state index in [4.69, 9.17) is 16.3 Å². The molecule has 4 rings (SSSR count). The fourth-order valence-electron chi connectivity index (χ4n) is 3.28. The molecule has 2 heterocycles. The van der Waals surface area contributed by atoms with Crippen molar-refractivity contribution < 1.29 is 9.13 Å². The van der Waals surface area contributed by atoms with Crippen LogP contribution >= 0.6 is 47.1 Å². The van der Waals surface area contributed by atoms with Crippen LogP contribution < -0.4 is 9.75 Å². The number of fused-ring (bicyclic) bond motifs is 4. The molecule has 0 amide bonds. The van der Waals surface area contributed by atoms with Gasteiger partial charge in [0.2, 0.25) is 0 Å². The number of rotatable bonds is 6. The van der Waals surface area contributed by atoms with Gasteiger partial charge in [-0.3, -0.25) is 0 Å². The third-order valence-electron chi connectivity index (χ3n) is 4.57. The van der Waals surface area contributed by atoms with Gasteiger partial charge < -0.3 is 9.64 Å². The molecule has 0 saturated heterocycles. The molecule has 0 N–H and O–H groups in total. The van der Waals surface area contributed by atoms with Gasteiger partial charge in [-0.05, 0) is 56.9 Å². The number of thiophene rings is 1. The molecule has 2 nitrogen and oxygen atoms in total. The average molecular weight is 470 g/mol. The summed E-state index contributed by atoms with van der Waals surface area (Å²) in [5.74, 6) is -0.303. The number of allylic oxidation sites excluding steroid dienone is 4. The minimum atomic E-state index is -0.303. The Balaban J connectivity index is 0.00000240. The van der Waals surface area contributed by atoms with E-state index in [0.29, 0.717) is 11.6 Å². The Morgan fingerprint density at radius 2 is 2.00 bits per heavy atom. The summed E-state index contributed by atoms with van der Waals surface area (Å²) in [6.45, 7) is 2.35. The van der Waals surface area contributed by atoms with Gasteiger partial charge in [0.25, 0.3) is 0 Å². The summed E-state index contributed by atoms with van der Waals surface area (Å²) < 4.78 is 22.0. The van der Waals surface area contributed by atoms with Crippen molar-refractivity contribution in [1.82, 2.24) is 4.90 Å². The molecule has 1 aliphatic heterocycles. The molecule has 0 fully saturated rings. The Hall–Kier alpha value is -1.08. The van der Waals surface area contributed by atoms with Crippen LogP contribution in [0.25, 0.3) is 21.1 Å². The third kappa shape index (κ3) is 4.98. The predicted octanol–water partition coefficient (Wildman–Crippen LogP) is 5.10. The van der Waals surface area contributed by atoms with E-state index < -0.39 is 0 Å². The van der Waals surface area contributed by atoms with Crippen molar-refractivity contribution in [3.05, 3.63) is 67.5 Å². The number of nitrogens with zero attached hydrogens (tertiary/aromatic N) is 1. The molecule has 0 unspecified atom stereocenters. The van der Waals surface area contributed by atoms with Crippen LogP contribution in [0.3, 0.4) is 0 Å². The van der Waals surface area contributed by atoms with E-state index >= 15 is 0 Å². The number of hydrogen-bond acceptors (Lipinski definition) is 4. The molecule has 2 aliphatic rings. The molecule has 29 heavy (non-hydrogen) atoms. The zero-order valence-electron chi connectivity index (χ0n) is 16.2. The van der Waals surface area contributed by atoms with E-state index in [1.165, 1.54) is 6.07 Å². The van der Waals surface area contributed by atoms with Crippen LogP contribution in [-0.2, 0) is 4.74 Å². The van der Waals surface area contributed by atoms with E-state index in [2.05, 4.69) is 49.4 Å². The van der Waals surface area contributed by atoms with Gasteiger partial charge in [-0.15, -0.1) is 23.7 Å². The van der Waals surface area contributed by atoms with Crippen LogP contribution in [0.2, 0.25) is 5.02 Å². The highest BCUT2D eigenvalue weighted by atomic mass is 35.5. The Bertz CT molecular complexity index is 1130. The molecule has 154 valence electrons. The summed E-state index contributed by atoms with van der Waals surface area (Å²) in [4.78, 5) is 4.46. The minimum absolute atomic E-state index is 0. The lowest BCUT2D eigenvalue weighted by Gasteiger charge is -2.16. The molecule has 1 aromatic carbocycles. The summed E-state index contributed by atoms with van der Waals surface area (Å²) in [6, 6.07) is 2.98. The SMILES string of the molecule is CN(C)CCCOCC1=CC=C2C=CC=c3sc4c(Cl)cc(F)cc4c3=C2S1.Cl. The highest BCUT2D eigenvalue weighted by molar-refractivity contribution is 8.11. The second kappa shape index (κ2) is 9.82. The van der Waals surface area contributed by atoms with Crippen molar-refractivity contribution in [3.63, 3.8) is 0 Å². The summed E-state index contributed by atoms with van der Waals surface area (Å²) in [5, 5.41) is 2.42. The van der Waals surface area contributed by atoms with E-state index in [0.717, 1.165) is 54.8 Å². The summed E-state index contributed by atoms with van der Waals surface area (Å²) in [5.41, 5.74) is 1.14. The van der Waals surface area contributed by atoms with Gasteiger partial charge in [0.1, 0.15) is 5.82 Å². The molecule has 2 aromatic rings. The van der Waals surface area contributed by atoms with Gasteiger partial charge in [-0.1, -0.05) is 41.6 Å². The highest BCUT2D eigenvalue weighted by Crippen LogP contribution is 2.38. The van der Waals surface area contributed by atoms with E-state index in [-0.39, 0.29) is 18.2 Å². The zero-order valence-corrected chi connectivity index (χ0v) is 19.4. The number of halogens is 3. The molecular formula is C22H22Cl2FNOS2. The van der Waals surface area contributed by atoms with Crippen molar-refractivity contribution >= 4 is 68.2 Å². The van der Waals surface area contributed by atoms with Gasteiger partial charge in [-0.25, -0.2) is 4.39 Å². The number of ether oxygens (including phenoxy) is 1. The van der Waals surface area contributed by atoms with Crippen molar-refractivity contribution in [2.75, 3.05) is 33.9 Å². The number of thioether (sulfide) groups is 1. The lowest BCUT2D eigenvalue weighted by molar-refractivity contribution is 0.150. The van der Waals surface area contributed by atoms with Crippen LogP contribution in [0.5, 0.6) is 0 Å². The summed E-state index contributed by atoms with van der Waals surface area (Å²) in [6.07, 6.45) is 11.5. The monoisotopic (exact) mass is 469 g/mol. The topological polar surface area (TPSA) is 12.5 Å². The van der Waals surface area contributed by atoms with Crippen molar-refractivity contribution in [2.24, 2.45) is 0 Å². The maximum Gasteiger partial charge on any atom is 0.125 e. The van der Waals surface area contributed by atoms with Crippen molar-refractivity contribution in [2.45, 2.75) is 6.42 Å². The lowest BCUT2D eigenvalue weighted by atomic mass is 10.1. The van der Waals surface area contributed by atoms with E-state index in [9.17, 15) is 4.39 Å². The molecule has 1 aliphatic carbocycles. The van der Waals surface area contributed by atoms with Crippen molar-refractivity contribution in [3.8, 4) is 0 Å². The Morgan fingerprint density at radius 1 is 1.17 bits per heavy atom. The normalized spacial score (nSPS) is 15.3. The molecule has 0 bridgehead atoms. The standard InChI is InChI=1S/C22H21ClFNOS2.ClH/c1-25(2)9-4-10-26-13-16-8-7-14-5-3-6-19-20(21(14)27-16)17-11-15(24)12-18(23)22(17)28-19;/h3,5-8,11-12H,4,9-10,13H2,1-2H3;1H. The molecule has 7 heteroatoms. The van der Waals surface area contributed by atoms with Crippen LogP contribution in [0, 0.1) is 5.82 Å². The fraction of sp³-hybridized carbons (Fsp3) is 0.273. The van der Waals surface area contributed by atoms with Gasteiger partial charge in [0, 0.05) is 31.6 Å². The maximum atomic E-state index is 14.1. The van der Waals surface area contributed by atoms with Gasteiger partial charge in [-0.2, -0.15) is 0 Å². The first-order valence-corrected chi connectivity index (χ1v) is 11.2. The van der Waals surface area contributed by atoms with Crippen LogP contribution in [0.15, 0.2) is 46.9 Å². The van der Waals surface area contributed by atoms with Gasteiger partial charge in [0.05, 0.1) is 16.3 Å². The predicted molar refractivity (Wildman–Crippen MR) is 128 cm³/mol. The first-order valence-electron chi connectivity index (χ1n) is 9.15. The number of hydrogen-bond donors (Lipinski definition) is 0. The van der Waals surface area contributed by atoms with Crippen LogP contribution in [-0.4, -0.2) is 38.8 Å². The second-order valence-electron chi connectivity index (χ2n) is 7.03. The Morgan fingerprint density at radius 3 is 2.79 bits per heavy atom. The third-order valence-corrected chi connectivity index (χ3v) is 7.34. The largest absolute Gasteiger partial charge is 0.376 e. The smallest absolute Gasteiger partial charge is 0.125 e. The van der Waals surface area contributed by atoms with Gasteiger partial charge in [0.15, 0.2) is 0 Å². The first kappa shape index (κ1) is 22.6. The molecule has 0 atom stereocenters. The zero-order chi connectivity index (χ0) is 19.7. The van der Waals surface area contributed by atoms with Crippen LogP contribution in [0.1, 0.15) is 6.42 Å². The fourth-order valence-corrected chi connectivity index (χ4v) is 5.89. The Kier molecular flexibility index (Phi) is 7.65. The lowest BCUT2D eigenvalue weighted by Crippen LogP contribution is -2.21. The maximum absolute atomic E-state index is 14.1. The molecule has 0 spiro atoms. The summed E-state index contributed by atoms with van der Waals surface area (Å²) >= 11 is 9.64. The summed E-state index contributed by atoms with van der Waals surface area (Å²) in [7, 11) is 4.13. The van der Waals surface area contributed by atoms with E-state index in [1.54, 1.807) is 29.2 Å². The van der Waals surface area contributed by atoms with Crippen LogP contribution in [0.4, 0.5) is 4.39 Å². The first-order chi connectivity index (χ1) is 13.5. The molecule has 0 saturated carbocycles. The molecular weight excluding hydrogens is 448 g/mol. The number of benzene rings is 1. The Labute approximate surface area is 189 Å². The quantitative estimate of drug-likeness (QED) is 0.546. The van der Waals surface area contributed by atoms with Crippen molar-refractivity contribution in [1.29, 1.82) is 0 Å². The van der Waals surface area contributed by atoms with Gasteiger partial charge >= 0.3 is 0 Å². The minimum Gasteiger partial charge on any atom is -0.376 e. The second-order valence-corrected chi connectivity index (χ2v) is 9.62. The molecule has 0 radical (unpaired) electrons. The molecule has 1 aromatic heterocycles. The highest BCUT2D eigenvalue weighted by Gasteiger charge is 2.18. The average Bonchev–Trinajstić information content (AvgIpc) is 2.90.